The highest BCUT2D eigenvalue weighted by Gasteiger charge is 2.23. The van der Waals surface area contributed by atoms with E-state index in [0.717, 1.165) is 10.0 Å². The fourth-order valence-corrected chi connectivity index (χ4v) is 1.98. The molecule has 0 aromatic heterocycles. The molecule has 0 radical (unpaired) electrons. The number of rotatable bonds is 5. The normalized spacial score (nSPS) is 12.0. The zero-order chi connectivity index (χ0) is 14.4. The number of nitrogens with one attached hydrogen (secondary N) is 2. The molecule has 1 unspecified atom stereocenters. The van der Waals surface area contributed by atoms with Crippen molar-refractivity contribution in [2.75, 3.05) is 0 Å². The second kappa shape index (κ2) is 7.13. The summed E-state index contributed by atoms with van der Waals surface area (Å²) in [4.78, 5) is 22.6. The van der Waals surface area contributed by atoms with E-state index in [2.05, 4.69) is 26.6 Å². The number of amides is 2. The highest BCUT2D eigenvalue weighted by atomic mass is 79.9. The van der Waals surface area contributed by atoms with E-state index in [1.807, 2.05) is 24.3 Å². The maximum Gasteiger partial charge on any atom is 0.326 e. The Hall–Kier alpha value is -1.56. The standard InChI is InChI=1S/C13H17BrN2O3/c1-8(2)11(12(17)18)16-13(19)15-7-9-4-3-5-10(14)6-9/h3-6,8,11H,7H2,1-2H3,(H,17,18)(H2,15,16,19). The van der Waals surface area contributed by atoms with Crippen LogP contribution in [0.3, 0.4) is 0 Å². The molecule has 0 aliphatic carbocycles. The van der Waals surface area contributed by atoms with Gasteiger partial charge in [-0.15, -0.1) is 0 Å². The molecule has 0 spiro atoms. The van der Waals surface area contributed by atoms with Crippen LogP contribution in [0.15, 0.2) is 28.7 Å². The van der Waals surface area contributed by atoms with E-state index >= 15 is 0 Å². The van der Waals surface area contributed by atoms with Gasteiger partial charge in [0, 0.05) is 11.0 Å². The van der Waals surface area contributed by atoms with Crippen LogP contribution in [-0.2, 0) is 11.3 Å². The van der Waals surface area contributed by atoms with Crippen LogP contribution >= 0.6 is 15.9 Å². The summed E-state index contributed by atoms with van der Waals surface area (Å²) in [6.07, 6.45) is 0. The molecule has 3 N–H and O–H groups in total. The van der Waals surface area contributed by atoms with Crippen molar-refractivity contribution in [3.8, 4) is 0 Å². The molecule has 0 saturated carbocycles. The number of halogens is 1. The number of carboxylic acids is 1. The van der Waals surface area contributed by atoms with Gasteiger partial charge in [-0.3, -0.25) is 0 Å². The number of aliphatic carboxylic acids is 1. The van der Waals surface area contributed by atoms with Crippen LogP contribution in [-0.4, -0.2) is 23.1 Å². The van der Waals surface area contributed by atoms with Gasteiger partial charge in [-0.2, -0.15) is 0 Å². The van der Waals surface area contributed by atoms with E-state index in [1.165, 1.54) is 0 Å². The Morgan fingerprint density at radius 1 is 1.37 bits per heavy atom. The van der Waals surface area contributed by atoms with Crippen molar-refractivity contribution < 1.29 is 14.7 Å². The Morgan fingerprint density at radius 2 is 2.05 bits per heavy atom. The van der Waals surface area contributed by atoms with Crippen molar-refractivity contribution in [3.05, 3.63) is 34.3 Å². The fraction of sp³-hybridized carbons (Fsp3) is 0.385. The number of urea groups is 1. The van der Waals surface area contributed by atoms with Gasteiger partial charge in [0.2, 0.25) is 0 Å². The predicted molar refractivity (Wildman–Crippen MR) is 75.8 cm³/mol. The molecule has 2 amide bonds. The molecule has 1 aromatic carbocycles. The number of benzene rings is 1. The molecule has 0 aliphatic rings. The van der Waals surface area contributed by atoms with Gasteiger partial charge in [0.15, 0.2) is 0 Å². The summed E-state index contributed by atoms with van der Waals surface area (Å²) < 4.78 is 0.929. The summed E-state index contributed by atoms with van der Waals surface area (Å²) in [6.45, 7) is 3.83. The van der Waals surface area contributed by atoms with Gasteiger partial charge in [0.05, 0.1) is 0 Å². The molecule has 19 heavy (non-hydrogen) atoms. The third-order valence-electron chi connectivity index (χ3n) is 2.56. The smallest absolute Gasteiger partial charge is 0.326 e. The van der Waals surface area contributed by atoms with Crippen molar-refractivity contribution >= 4 is 27.9 Å². The molecule has 5 nitrogen and oxygen atoms in total. The average molecular weight is 329 g/mol. The van der Waals surface area contributed by atoms with E-state index in [9.17, 15) is 9.59 Å². The van der Waals surface area contributed by atoms with Crippen LogP contribution in [0.1, 0.15) is 19.4 Å². The quantitative estimate of drug-likeness (QED) is 0.776. The number of hydrogen-bond donors (Lipinski definition) is 3. The topological polar surface area (TPSA) is 78.4 Å². The number of carbonyl (C=O) groups excluding carboxylic acids is 1. The predicted octanol–water partition coefficient (Wildman–Crippen LogP) is 2.36. The van der Waals surface area contributed by atoms with E-state index < -0.39 is 18.0 Å². The van der Waals surface area contributed by atoms with E-state index in [-0.39, 0.29) is 5.92 Å². The molecule has 6 heteroatoms. The zero-order valence-corrected chi connectivity index (χ0v) is 12.4. The first-order valence-electron chi connectivity index (χ1n) is 5.91. The molecule has 104 valence electrons. The summed E-state index contributed by atoms with van der Waals surface area (Å²) in [6, 6.07) is 6.15. The molecular formula is C13H17BrN2O3. The molecule has 0 fully saturated rings. The van der Waals surface area contributed by atoms with Gasteiger partial charge in [-0.05, 0) is 23.6 Å². The molecular weight excluding hydrogens is 312 g/mol. The summed E-state index contributed by atoms with van der Waals surface area (Å²) in [5.41, 5.74) is 0.931. The Kier molecular flexibility index (Phi) is 5.82. The van der Waals surface area contributed by atoms with Gasteiger partial charge in [0.25, 0.3) is 0 Å². The van der Waals surface area contributed by atoms with Crippen molar-refractivity contribution in [1.29, 1.82) is 0 Å². The SMILES string of the molecule is CC(C)C(NC(=O)NCc1cccc(Br)c1)C(=O)O. The molecule has 0 aliphatic heterocycles. The van der Waals surface area contributed by atoms with E-state index in [4.69, 9.17) is 5.11 Å². The summed E-state index contributed by atoms with van der Waals surface area (Å²) in [5.74, 6) is -1.21. The summed E-state index contributed by atoms with van der Waals surface area (Å²) in [5, 5.41) is 14.0. The third kappa shape index (κ3) is 5.30. The largest absolute Gasteiger partial charge is 0.480 e. The van der Waals surface area contributed by atoms with Crippen molar-refractivity contribution in [3.63, 3.8) is 0 Å². The fourth-order valence-electron chi connectivity index (χ4n) is 1.54. The lowest BCUT2D eigenvalue weighted by Gasteiger charge is -2.18. The van der Waals surface area contributed by atoms with Crippen LogP contribution < -0.4 is 10.6 Å². The average Bonchev–Trinajstić information content (AvgIpc) is 2.32. The number of hydrogen-bond acceptors (Lipinski definition) is 2. The third-order valence-corrected chi connectivity index (χ3v) is 3.05. The van der Waals surface area contributed by atoms with Gasteiger partial charge in [0.1, 0.15) is 6.04 Å². The van der Waals surface area contributed by atoms with Crippen LogP contribution in [0, 0.1) is 5.92 Å². The minimum absolute atomic E-state index is 0.172. The van der Waals surface area contributed by atoms with Crippen molar-refractivity contribution in [2.24, 2.45) is 5.92 Å². The second-order valence-electron chi connectivity index (χ2n) is 4.52. The van der Waals surface area contributed by atoms with Crippen LogP contribution in [0.4, 0.5) is 4.79 Å². The van der Waals surface area contributed by atoms with Crippen molar-refractivity contribution in [1.82, 2.24) is 10.6 Å². The minimum atomic E-state index is -1.03. The summed E-state index contributed by atoms with van der Waals surface area (Å²) in [7, 11) is 0. The molecule has 0 saturated heterocycles. The second-order valence-corrected chi connectivity index (χ2v) is 5.43. The Labute approximate surface area is 120 Å². The molecule has 0 heterocycles. The lowest BCUT2D eigenvalue weighted by atomic mass is 10.1. The van der Waals surface area contributed by atoms with Gasteiger partial charge in [-0.1, -0.05) is 41.9 Å². The maximum absolute atomic E-state index is 11.6. The minimum Gasteiger partial charge on any atom is -0.480 e. The van der Waals surface area contributed by atoms with Crippen LogP contribution in [0.5, 0.6) is 0 Å². The Morgan fingerprint density at radius 3 is 2.58 bits per heavy atom. The van der Waals surface area contributed by atoms with Crippen LogP contribution in [0.2, 0.25) is 0 Å². The molecule has 1 aromatic rings. The van der Waals surface area contributed by atoms with E-state index in [1.54, 1.807) is 13.8 Å². The highest BCUT2D eigenvalue weighted by Crippen LogP contribution is 2.11. The lowest BCUT2D eigenvalue weighted by molar-refractivity contribution is -0.140. The maximum atomic E-state index is 11.6. The van der Waals surface area contributed by atoms with Gasteiger partial charge >= 0.3 is 12.0 Å². The monoisotopic (exact) mass is 328 g/mol. The number of carbonyl (C=O) groups is 2. The molecule has 1 rings (SSSR count). The first kappa shape index (κ1) is 15.5. The molecule has 1 atom stereocenters. The molecule has 0 bridgehead atoms. The Bertz CT molecular complexity index is 463. The Balaban J connectivity index is 2.49. The first-order chi connectivity index (χ1) is 8.90. The lowest BCUT2D eigenvalue weighted by Crippen LogP contribution is -2.48. The van der Waals surface area contributed by atoms with Crippen LogP contribution in [0.25, 0.3) is 0 Å². The first-order valence-corrected chi connectivity index (χ1v) is 6.71. The highest BCUT2D eigenvalue weighted by molar-refractivity contribution is 9.10. The van der Waals surface area contributed by atoms with E-state index in [0.29, 0.717) is 6.54 Å². The number of carboxylic acid groups (broad SMARTS) is 1. The zero-order valence-electron chi connectivity index (χ0n) is 10.8. The van der Waals surface area contributed by atoms with Gasteiger partial charge < -0.3 is 15.7 Å². The van der Waals surface area contributed by atoms with Crippen molar-refractivity contribution in [2.45, 2.75) is 26.4 Å². The summed E-state index contributed by atoms with van der Waals surface area (Å²) >= 11 is 3.34. The van der Waals surface area contributed by atoms with Gasteiger partial charge in [-0.25, -0.2) is 9.59 Å².